The van der Waals surface area contributed by atoms with Crippen LogP contribution in [0.1, 0.15) is 45.6 Å². The van der Waals surface area contributed by atoms with Crippen LogP contribution in [0.2, 0.25) is 5.02 Å². The molecule has 2 rings (SSSR count). The first-order chi connectivity index (χ1) is 8.96. The maximum Gasteiger partial charge on any atom is 0.0438 e. The van der Waals surface area contributed by atoms with E-state index in [2.05, 4.69) is 38.2 Å². The molecule has 1 unspecified atom stereocenters. The maximum absolute atomic E-state index is 6.30. The predicted molar refractivity (Wildman–Crippen MR) is 83.7 cm³/mol. The molecule has 0 aromatic heterocycles. The van der Waals surface area contributed by atoms with Gasteiger partial charge in [0, 0.05) is 10.6 Å². The van der Waals surface area contributed by atoms with Crippen molar-refractivity contribution < 1.29 is 0 Å². The van der Waals surface area contributed by atoms with E-state index in [1.165, 1.54) is 24.8 Å². The van der Waals surface area contributed by atoms with Crippen molar-refractivity contribution in [1.29, 1.82) is 0 Å². The van der Waals surface area contributed by atoms with Crippen LogP contribution in [0.3, 0.4) is 0 Å². The Kier molecular flexibility index (Phi) is 4.92. The Bertz CT molecular complexity index is 404. The Hall–Kier alpha value is -0.530. The summed E-state index contributed by atoms with van der Waals surface area (Å²) < 4.78 is 0. The van der Waals surface area contributed by atoms with Gasteiger partial charge in [0.25, 0.3) is 0 Å². The molecule has 0 aliphatic heterocycles. The first-order valence-electron chi connectivity index (χ1n) is 7.44. The molecule has 1 aromatic carbocycles. The minimum absolute atomic E-state index is 0.197. The molecule has 106 valence electrons. The standard InChI is InChI=1S/C17H26ClN/c1-17(2,3)19-12-15(13-8-6-9-13)11-14-7-4-5-10-16(14)18/h4-5,7,10,13,15,19H,6,8-9,11-12H2,1-3H3. The van der Waals surface area contributed by atoms with Crippen molar-refractivity contribution in [2.45, 2.75) is 52.0 Å². The Balaban J connectivity index is 2.00. The highest BCUT2D eigenvalue weighted by molar-refractivity contribution is 6.31. The molecule has 1 nitrogen and oxygen atoms in total. The molecule has 1 N–H and O–H groups in total. The average molecular weight is 280 g/mol. The summed E-state index contributed by atoms with van der Waals surface area (Å²) in [5.41, 5.74) is 1.50. The Morgan fingerprint density at radius 1 is 1.26 bits per heavy atom. The summed E-state index contributed by atoms with van der Waals surface area (Å²) in [4.78, 5) is 0. The van der Waals surface area contributed by atoms with E-state index in [1.807, 2.05) is 12.1 Å². The highest BCUT2D eigenvalue weighted by Gasteiger charge is 2.28. The second-order valence-corrected chi connectivity index (χ2v) is 7.28. The largest absolute Gasteiger partial charge is 0.312 e. The molecule has 2 heteroatoms. The Morgan fingerprint density at radius 2 is 1.95 bits per heavy atom. The van der Waals surface area contributed by atoms with E-state index < -0.39 is 0 Å². The minimum Gasteiger partial charge on any atom is -0.312 e. The van der Waals surface area contributed by atoms with Crippen molar-refractivity contribution in [1.82, 2.24) is 5.32 Å². The molecule has 1 atom stereocenters. The van der Waals surface area contributed by atoms with Crippen LogP contribution in [0.5, 0.6) is 0 Å². The quantitative estimate of drug-likeness (QED) is 0.825. The van der Waals surface area contributed by atoms with E-state index in [0.717, 1.165) is 23.9 Å². The molecule has 0 spiro atoms. The van der Waals surface area contributed by atoms with E-state index in [0.29, 0.717) is 5.92 Å². The fourth-order valence-electron chi connectivity index (χ4n) is 2.70. The fourth-order valence-corrected chi connectivity index (χ4v) is 2.91. The lowest BCUT2D eigenvalue weighted by molar-refractivity contribution is 0.189. The molecule has 0 heterocycles. The zero-order valence-corrected chi connectivity index (χ0v) is 13.1. The first-order valence-corrected chi connectivity index (χ1v) is 7.82. The van der Waals surface area contributed by atoms with Gasteiger partial charge in [-0.2, -0.15) is 0 Å². The molecule has 1 aliphatic rings. The molecule has 0 amide bonds. The smallest absolute Gasteiger partial charge is 0.0438 e. The molecule has 0 bridgehead atoms. The average Bonchev–Trinajstić information content (AvgIpc) is 2.25. The number of nitrogens with one attached hydrogen (secondary N) is 1. The van der Waals surface area contributed by atoms with E-state index in [9.17, 15) is 0 Å². The van der Waals surface area contributed by atoms with Crippen LogP contribution in [-0.2, 0) is 6.42 Å². The third-order valence-electron chi connectivity index (χ3n) is 4.15. The predicted octanol–water partition coefficient (Wildman–Crippen LogP) is 4.69. The number of benzene rings is 1. The summed E-state index contributed by atoms with van der Waals surface area (Å²) >= 11 is 6.30. The second kappa shape index (κ2) is 6.28. The lowest BCUT2D eigenvalue weighted by Gasteiger charge is -2.36. The van der Waals surface area contributed by atoms with Gasteiger partial charge in [-0.25, -0.2) is 0 Å². The van der Waals surface area contributed by atoms with Crippen LogP contribution >= 0.6 is 11.6 Å². The van der Waals surface area contributed by atoms with E-state index in [-0.39, 0.29) is 5.54 Å². The molecule has 1 aliphatic carbocycles. The number of hydrogen-bond acceptors (Lipinski definition) is 1. The summed E-state index contributed by atoms with van der Waals surface area (Å²) in [5, 5.41) is 4.59. The monoisotopic (exact) mass is 279 g/mol. The molecule has 0 saturated heterocycles. The van der Waals surface area contributed by atoms with Crippen LogP contribution in [0, 0.1) is 11.8 Å². The summed E-state index contributed by atoms with van der Waals surface area (Å²) in [6, 6.07) is 8.28. The van der Waals surface area contributed by atoms with Gasteiger partial charge in [-0.3, -0.25) is 0 Å². The highest BCUT2D eigenvalue weighted by Crippen LogP contribution is 2.36. The van der Waals surface area contributed by atoms with E-state index in [1.54, 1.807) is 0 Å². The van der Waals surface area contributed by atoms with Crippen LogP contribution in [0.4, 0.5) is 0 Å². The number of hydrogen-bond donors (Lipinski definition) is 1. The molecule has 1 saturated carbocycles. The van der Waals surface area contributed by atoms with Gasteiger partial charge in [-0.05, 0) is 57.2 Å². The third-order valence-corrected chi connectivity index (χ3v) is 4.52. The molecule has 19 heavy (non-hydrogen) atoms. The van der Waals surface area contributed by atoms with Crippen molar-refractivity contribution in [3.8, 4) is 0 Å². The molecule has 1 fully saturated rings. The molecule has 1 aromatic rings. The third kappa shape index (κ3) is 4.50. The van der Waals surface area contributed by atoms with E-state index >= 15 is 0 Å². The van der Waals surface area contributed by atoms with Crippen molar-refractivity contribution in [3.05, 3.63) is 34.9 Å². The summed E-state index contributed by atoms with van der Waals surface area (Å²) in [7, 11) is 0. The zero-order chi connectivity index (χ0) is 13.9. The van der Waals surface area contributed by atoms with Gasteiger partial charge in [-0.1, -0.05) is 49.1 Å². The second-order valence-electron chi connectivity index (χ2n) is 6.88. The van der Waals surface area contributed by atoms with Crippen molar-refractivity contribution >= 4 is 11.6 Å². The Labute approximate surface area is 122 Å². The number of rotatable bonds is 5. The fraction of sp³-hybridized carbons (Fsp3) is 0.647. The van der Waals surface area contributed by atoms with Gasteiger partial charge in [-0.15, -0.1) is 0 Å². The SMILES string of the molecule is CC(C)(C)NCC(Cc1ccccc1Cl)C1CCC1. The lowest BCUT2D eigenvalue weighted by Crippen LogP contribution is -2.42. The maximum atomic E-state index is 6.30. The van der Waals surface area contributed by atoms with Gasteiger partial charge in [0.05, 0.1) is 0 Å². The van der Waals surface area contributed by atoms with Crippen molar-refractivity contribution in [2.24, 2.45) is 11.8 Å². The normalized spacial score (nSPS) is 18.1. The van der Waals surface area contributed by atoms with Crippen molar-refractivity contribution in [3.63, 3.8) is 0 Å². The van der Waals surface area contributed by atoms with Crippen LogP contribution in [0.25, 0.3) is 0 Å². The van der Waals surface area contributed by atoms with Gasteiger partial charge < -0.3 is 5.32 Å². The van der Waals surface area contributed by atoms with Crippen LogP contribution < -0.4 is 5.32 Å². The molecular weight excluding hydrogens is 254 g/mol. The van der Waals surface area contributed by atoms with Gasteiger partial charge >= 0.3 is 0 Å². The zero-order valence-electron chi connectivity index (χ0n) is 12.4. The Morgan fingerprint density at radius 3 is 2.47 bits per heavy atom. The van der Waals surface area contributed by atoms with Gasteiger partial charge in [0.15, 0.2) is 0 Å². The summed E-state index contributed by atoms with van der Waals surface area (Å²) in [6.45, 7) is 7.81. The first kappa shape index (κ1) is 14.9. The highest BCUT2D eigenvalue weighted by atomic mass is 35.5. The molecular formula is C17H26ClN. The molecule has 0 radical (unpaired) electrons. The van der Waals surface area contributed by atoms with Crippen molar-refractivity contribution in [2.75, 3.05) is 6.54 Å². The summed E-state index contributed by atoms with van der Waals surface area (Å²) in [6.07, 6.45) is 5.29. The van der Waals surface area contributed by atoms with Crippen LogP contribution in [0.15, 0.2) is 24.3 Å². The topological polar surface area (TPSA) is 12.0 Å². The van der Waals surface area contributed by atoms with Crippen LogP contribution in [-0.4, -0.2) is 12.1 Å². The van der Waals surface area contributed by atoms with E-state index in [4.69, 9.17) is 11.6 Å². The summed E-state index contributed by atoms with van der Waals surface area (Å²) in [5.74, 6) is 1.60. The van der Waals surface area contributed by atoms with Gasteiger partial charge in [0.1, 0.15) is 0 Å². The number of halogens is 1. The van der Waals surface area contributed by atoms with Gasteiger partial charge in [0.2, 0.25) is 0 Å². The minimum atomic E-state index is 0.197. The lowest BCUT2D eigenvalue weighted by atomic mass is 9.73.